The molecule has 1 aliphatic rings. The molecule has 4 rings (SSSR count). The number of benzene rings is 2. The van der Waals surface area contributed by atoms with Crippen LogP contribution in [0.3, 0.4) is 0 Å². The summed E-state index contributed by atoms with van der Waals surface area (Å²) in [6, 6.07) is 9.21. The molecular formula is C24H31N5O3. The van der Waals surface area contributed by atoms with Gasteiger partial charge in [0.25, 0.3) is 0 Å². The fourth-order valence-corrected chi connectivity index (χ4v) is 4.36. The van der Waals surface area contributed by atoms with Crippen molar-refractivity contribution in [3.05, 3.63) is 35.9 Å². The zero-order valence-corrected chi connectivity index (χ0v) is 19.1. The van der Waals surface area contributed by atoms with Crippen molar-refractivity contribution < 1.29 is 14.9 Å². The summed E-state index contributed by atoms with van der Waals surface area (Å²) in [5, 5.41) is 33.8. The number of phenols is 2. The first kappa shape index (κ1) is 22.1. The highest BCUT2D eigenvalue weighted by molar-refractivity contribution is 5.82. The van der Waals surface area contributed by atoms with E-state index in [4.69, 9.17) is 4.74 Å². The van der Waals surface area contributed by atoms with Crippen LogP contribution in [-0.4, -0.2) is 62.1 Å². The van der Waals surface area contributed by atoms with Crippen LogP contribution in [0.2, 0.25) is 0 Å². The Balaban J connectivity index is 1.78. The molecule has 1 saturated heterocycles. The maximum Gasteiger partial charge on any atom is 0.186 e. The maximum absolute atomic E-state index is 10.7. The Hall–Kier alpha value is -3.13. The summed E-state index contributed by atoms with van der Waals surface area (Å²) in [6.45, 7) is 9.42. The number of ether oxygens (including phenoxy) is 1. The number of phenolic OH excluding ortho intramolecular Hbond substituents is 2. The van der Waals surface area contributed by atoms with Crippen LogP contribution in [0.25, 0.3) is 22.5 Å². The minimum Gasteiger partial charge on any atom is -0.507 e. The predicted octanol–water partition coefficient (Wildman–Crippen LogP) is 4.21. The molecule has 1 fully saturated rings. The summed E-state index contributed by atoms with van der Waals surface area (Å²) in [5.41, 5.74) is 2.93. The zero-order chi connectivity index (χ0) is 22.8. The number of piperidine rings is 1. The average Bonchev–Trinajstić information content (AvgIpc) is 3.28. The van der Waals surface area contributed by atoms with Crippen molar-refractivity contribution in [2.75, 3.05) is 26.7 Å². The largest absolute Gasteiger partial charge is 0.507 e. The molecule has 0 saturated carbocycles. The Morgan fingerprint density at radius 3 is 2.41 bits per heavy atom. The van der Waals surface area contributed by atoms with Crippen LogP contribution < -0.4 is 4.74 Å². The molecule has 3 aromatic rings. The van der Waals surface area contributed by atoms with E-state index in [-0.39, 0.29) is 17.5 Å². The third kappa shape index (κ3) is 4.14. The Labute approximate surface area is 188 Å². The molecule has 0 aliphatic carbocycles. The number of methoxy groups -OCH3 is 1. The molecule has 0 spiro atoms. The zero-order valence-electron chi connectivity index (χ0n) is 19.1. The SMILES string of the molecule is CCN1CCC(n2nnnc2-c2cc(-c3cc(C(C)C)ccc3OC)c(O)cc2O)CC1. The average molecular weight is 438 g/mol. The lowest BCUT2D eigenvalue weighted by Crippen LogP contribution is -2.34. The molecule has 32 heavy (non-hydrogen) atoms. The lowest BCUT2D eigenvalue weighted by atomic mass is 9.94. The van der Waals surface area contributed by atoms with Crippen LogP contribution in [0.4, 0.5) is 0 Å². The van der Waals surface area contributed by atoms with Gasteiger partial charge in [-0.3, -0.25) is 0 Å². The molecule has 2 aromatic carbocycles. The lowest BCUT2D eigenvalue weighted by molar-refractivity contribution is 0.187. The monoisotopic (exact) mass is 437 g/mol. The number of nitrogens with zero attached hydrogens (tertiary/aromatic N) is 5. The normalized spacial score (nSPS) is 15.4. The van der Waals surface area contributed by atoms with Gasteiger partial charge in [0.1, 0.15) is 17.2 Å². The molecule has 0 atom stereocenters. The second kappa shape index (κ2) is 9.16. The molecule has 170 valence electrons. The Morgan fingerprint density at radius 2 is 1.75 bits per heavy atom. The second-order valence-electron chi connectivity index (χ2n) is 8.61. The molecule has 2 heterocycles. The fraction of sp³-hybridized carbons (Fsp3) is 0.458. The van der Waals surface area contributed by atoms with Gasteiger partial charge in [0, 0.05) is 30.3 Å². The molecule has 8 nitrogen and oxygen atoms in total. The van der Waals surface area contributed by atoms with Gasteiger partial charge >= 0.3 is 0 Å². The molecule has 1 aromatic heterocycles. The van der Waals surface area contributed by atoms with Crippen LogP contribution in [0.15, 0.2) is 30.3 Å². The van der Waals surface area contributed by atoms with Crippen LogP contribution >= 0.6 is 0 Å². The summed E-state index contributed by atoms with van der Waals surface area (Å²) >= 11 is 0. The smallest absolute Gasteiger partial charge is 0.186 e. The number of tetrazole rings is 1. The molecular weight excluding hydrogens is 406 g/mol. The first-order valence-corrected chi connectivity index (χ1v) is 11.2. The summed E-state index contributed by atoms with van der Waals surface area (Å²) in [5.74, 6) is 1.37. The van der Waals surface area contributed by atoms with Crippen LogP contribution in [-0.2, 0) is 0 Å². The minimum atomic E-state index is -0.0627. The summed E-state index contributed by atoms with van der Waals surface area (Å²) < 4.78 is 7.38. The Kier molecular flexibility index (Phi) is 6.32. The van der Waals surface area contributed by atoms with E-state index in [2.05, 4.69) is 41.2 Å². The van der Waals surface area contributed by atoms with Gasteiger partial charge in [-0.25, -0.2) is 4.68 Å². The van der Waals surface area contributed by atoms with Crippen molar-refractivity contribution in [3.8, 4) is 39.8 Å². The van der Waals surface area contributed by atoms with Gasteiger partial charge in [-0.2, -0.15) is 0 Å². The van der Waals surface area contributed by atoms with E-state index in [1.165, 1.54) is 6.07 Å². The van der Waals surface area contributed by atoms with Crippen molar-refractivity contribution in [2.24, 2.45) is 0 Å². The quantitative estimate of drug-likeness (QED) is 0.596. The van der Waals surface area contributed by atoms with Gasteiger partial charge in [-0.05, 0) is 59.5 Å². The summed E-state index contributed by atoms with van der Waals surface area (Å²) in [7, 11) is 1.61. The van der Waals surface area contributed by atoms with Crippen LogP contribution in [0.1, 0.15) is 51.1 Å². The van der Waals surface area contributed by atoms with E-state index >= 15 is 0 Å². The number of aromatic nitrogens is 4. The molecule has 8 heteroatoms. The Morgan fingerprint density at radius 1 is 1.03 bits per heavy atom. The van der Waals surface area contributed by atoms with Crippen LogP contribution in [0, 0.1) is 0 Å². The summed E-state index contributed by atoms with van der Waals surface area (Å²) in [6.07, 6.45) is 1.89. The van der Waals surface area contributed by atoms with E-state index in [0.717, 1.165) is 43.6 Å². The van der Waals surface area contributed by atoms with Gasteiger partial charge < -0.3 is 19.8 Å². The highest BCUT2D eigenvalue weighted by atomic mass is 16.5. The number of aromatic hydroxyl groups is 2. The number of hydrogen-bond acceptors (Lipinski definition) is 7. The minimum absolute atomic E-state index is 0.0271. The molecule has 0 amide bonds. The van der Waals surface area contributed by atoms with Crippen LogP contribution in [0.5, 0.6) is 17.2 Å². The molecule has 0 unspecified atom stereocenters. The topological polar surface area (TPSA) is 96.5 Å². The first-order chi connectivity index (χ1) is 15.4. The maximum atomic E-state index is 10.7. The third-order valence-electron chi connectivity index (χ3n) is 6.38. The molecule has 1 aliphatic heterocycles. The fourth-order valence-electron chi connectivity index (χ4n) is 4.36. The summed E-state index contributed by atoms with van der Waals surface area (Å²) in [4.78, 5) is 2.41. The molecule has 2 N–H and O–H groups in total. The van der Waals surface area contributed by atoms with Crippen molar-refractivity contribution >= 4 is 0 Å². The number of likely N-dealkylation sites (tertiary alicyclic amines) is 1. The first-order valence-electron chi connectivity index (χ1n) is 11.2. The highest BCUT2D eigenvalue weighted by Gasteiger charge is 2.26. The van der Waals surface area contributed by atoms with Crippen molar-refractivity contribution in [2.45, 2.75) is 45.6 Å². The van der Waals surface area contributed by atoms with Gasteiger partial charge in [0.2, 0.25) is 0 Å². The van der Waals surface area contributed by atoms with Crippen molar-refractivity contribution in [1.29, 1.82) is 0 Å². The van der Waals surface area contributed by atoms with Gasteiger partial charge in [0.05, 0.1) is 18.7 Å². The molecule has 0 radical (unpaired) electrons. The highest BCUT2D eigenvalue weighted by Crippen LogP contribution is 2.43. The van der Waals surface area contributed by atoms with E-state index < -0.39 is 0 Å². The third-order valence-corrected chi connectivity index (χ3v) is 6.38. The second-order valence-corrected chi connectivity index (χ2v) is 8.61. The standard InChI is InChI=1S/C24H31N5O3/c1-5-28-10-8-17(9-11-28)29-24(25-26-27-29)20-13-18(21(30)14-22(20)31)19-12-16(15(2)3)6-7-23(19)32-4/h6-7,12-15,17,30-31H,5,8-11H2,1-4H3. The predicted molar refractivity (Wildman–Crippen MR) is 123 cm³/mol. The number of hydrogen-bond donors (Lipinski definition) is 2. The van der Waals surface area contributed by atoms with Crippen molar-refractivity contribution in [3.63, 3.8) is 0 Å². The lowest BCUT2D eigenvalue weighted by Gasteiger charge is -2.31. The van der Waals surface area contributed by atoms with Gasteiger partial charge in [-0.1, -0.05) is 26.8 Å². The van der Waals surface area contributed by atoms with E-state index in [0.29, 0.717) is 28.6 Å². The van der Waals surface area contributed by atoms with Crippen molar-refractivity contribution in [1.82, 2.24) is 25.1 Å². The molecule has 0 bridgehead atoms. The van der Waals surface area contributed by atoms with E-state index in [9.17, 15) is 10.2 Å². The van der Waals surface area contributed by atoms with Gasteiger partial charge in [0.15, 0.2) is 5.82 Å². The van der Waals surface area contributed by atoms with Gasteiger partial charge in [-0.15, -0.1) is 5.10 Å². The number of rotatable bonds is 6. The van der Waals surface area contributed by atoms with E-state index in [1.54, 1.807) is 13.2 Å². The Bertz CT molecular complexity index is 1090. The van der Waals surface area contributed by atoms with E-state index in [1.807, 2.05) is 22.9 Å².